The molecule has 0 saturated carbocycles. The van der Waals surface area contributed by atoms with E-state index in [4.69, 9.17) is 11.6 Å². The summed E-state index contributed by atoms with van der Waals surface area (Å²) in [4.78, 5) is 7.99. The minimum absolute atomic E-state index is 0.455. The molecule has 0 amide bonds. The highest BCUT2D eigenvalue weighted by atomic mass is 35.5. The highest BCUT2D eigenvalue weighted by molar-refractivity contribution is 7.99. The third-order valence-electron chi connectivity index (χ3n) is 1.48. The molecule has 0 bridgehead atoms. The standard InChI is InChI=1S/C7H7ClN4S/c1-2-13-6-3-5(8)11-7-9-4-10-12(6)7/h3-4H,2H2,1H3. The first-order valence-corrected chi connectivity index (χ1v) is 5.16. The van der Waals surface area contributed by atoms with Gasteiger partial charge in [0, 0.05) is 6.07 Å². The normalized spacial score (nSPS) is 10.9. The van der Waals surface area contributed by atoms with E-state index in [1.54, 1.807) is 22.3 Å². The van der Waals surface area contributed by atoms with Gasteiger partial charge in [0.2, 0.25) is 0 Å². The van der Waals surface area contributed by atoms with Crippen LogP contribution in [0, 0.1) is 0 Å². The topological polar surface area (TPSA) is 43.1 Å². The molecule has 2 aromatic rings. The summed E-state index contributed by atoms with van der Waals surface area (Å²) in [5.74, 6) is 1.51. The first kappa shape index (κ1) is 8.77. The Balaban J connectivity index is 2.63. The van der Waals surface area contributed by atoms with E-state index < -0.39 is 0 Å². The minimum atomic E-state index is 0.455. The Labute approximate surface area is 84.3 Å². The Hall–Kier alpha value is -0.810. The fourth-order valence-electron chi connectivity index (χ4n) is 1.01. The molecule has 4 nitrogen and oxygen atoms in total. The highest BCUT2D eigenvalue weighted by Gasteiger charge is 2.05. The van der Waals surface area contributed by atoms with Crippen molar-refractivity contribution in [2.24, 2.45) is 0 Å². The summed E-state index contributed by atoms with van der Waals surface area (Å²) in [7, 11) is 0. The molecule has 0 atom stereocenters. The molecule has 0 fully saturated rings. The maximum atomic E-state index is 5.81. The van der Waals surface area contributed by atoms with Gasteiger partial charge in [-0.2, -0.15) is 19.6 Å². The van der Waals surface area contributed by atoms with Gasteiger partial charge in [-0.1, -0.05) is 18.5 Å². The van der Waals surface area contributed by atoms with Crippen LogP contribution in [-0.4, -0.2) is 25.3 Å². The molecule has 0 aliphatic rings. The molecule has 0 saturated heterocycles. The molecule has 13 heavy (non-hydrogen) atoms. The largest absolute Gasteiger partial charge is 0.254 e. The van der Waals surface area contributed by atoms with Gasteiger partial charge in [-0.3, -0.25) is 0 Å². The molecule has 0 N–H and O–H groups in total. The van der Waals surface area contributed by atoms with E-state index in [9.17, 15) is 0 Å². The van der Waals surface area contributed by atoms with Gasteiger partial charge in [-0.25, -0.2) is 0 Å². The van der Waals surface area contributed by atoms with E-state index in [0.717, 1.165) is 10.8 Å². The SMILES string of the molecule is CCSc1cc(Cl)nc2ncnn12. The Morgan fingerprint density at radius 3 is 3.23 bits per heavy atom. The third-order valence-corrected chi connectivity index (χ3v) is 2.55. The number of thioether (sulfide) groups is 1. The molecular weight excluding hydrogens is 208 g/mol. The number of nitrogens with zero attached hydrogens (tertiary/aromatic N) is 4. The van der Waals surface area contributed by atoms with Crippen molar-refractivity contribution in [1.29, 1.82) is 0 Å². The molecule has 2 aromatic heterocycles. The lowest BCUT2D eigenvalue weighted by atomic mass is 10.7. The van der Waals surface area contributed by atoms with Gasteiger partial charge in [0.25, 0.3) is 5.78 Å². The predicted octanol–water partition coefficient (Wildman–Crippen LogP) is 1.89. The summed E-state index contributed by atoms with van der Waals surface area (Å²) in [6.07, 6.45) is 1.47. The van der Waals surface area contributed by atoms with E-state index in [1.165, 1.54) is 6.33 Å². The molecular formula is C7H7ClN4S. The Kier molecular flexibility index (Phi) is 2.37. The van der Waals surface area contributed by atoms with E-state index in [2.05, 4.69) is 22.0 Å². The summed E-state index contributed by atoms with van der Waals surface area (Å²) in [5, 5.41) is 5.46. The number of aromatic nitrogens is 4. The lowest BCUT2D eigenvalue weighted by Gasteiger charge is -2.00. The first-order valence-electron chi connectivity index (χ1n) is 3.80. The van der Waals surface area contributed by atoms with Crippen LogP contribution in [0.3, 0.4) is 0 Å². The van der Waals surface area contributed by atoms with E-state index >= 15 is 0 Å². The fourth-order valence-corrected chi connectivity index (χ4v) is 1.99. The van der Waals surface area contributed by atoms with Gasteiger partial charge < -0.3 is 0 Å². The van der Waals surface area contributed by atoms with Crippen molar-refractivity contribution < 1.29 is 0 Å². The summed E-state index contributed by atoms with van der Waals surface area (Å²) in [6.45, 7) is 2.07. The van der Waals surface area contributed by atoms with Gasteiger partial charge in [-0.15, -0.1) is 11.8 Å². The lowest BCUT2D eigenvalue weighted by molar-refractivity contribution is 0.843. The number of rotatable bonds is 2. The molecule has 6 heteroatoms. The van der Waals surface area contributed by atoms with Crippen LogP contribution in [0.15, 0.2) is 17.4 Å². The van der Waals surface area contributed by atoms with Gasteiger partial charge in [0.1, 0.15) is 16.5 Å². The second kappa shape index (κ2) is 3.51. The van der Waals surface area contributed by atoms with Crippen LogP contribution in [-0.2, 0) is 0 Å². The van der Waals surface area contributed by atoms with Gasteiger partial charge >= 0.3 is 0 Å². The second-order valence-corrected chi connectivity index (χ2v) is 3.99. The average Bonchev–Trinajstić information content (AvgIpc) is 2.52. The molecule has 0 aromatic carbocycles. The Morgan fingerprint density at radius 1 is 1.62 bits per heavy atom. The Morgan fingerprint density at radius 2 is 2.46 bits per heavy atom. The second-order valence-electron chi connectivity index (χ2n) is 2.32. The predicted molar refractivity (Wildman–Crippen MR) is 52.2 cm³/mol. The summed E-state index contributed by atoms with van der Waals surface area (Å²) < 4.78 is 1.68. The lowest BCUT2D eigenvalue weighted by Crippen LogP contribution is -1.95. The highest BCUT2D eigenvalue weighted by Crippen LogP contribution is 2.20. The zero-order valence-corrected chi connectivity index (χ0v) is 8.51. The molecule has 0 unspecified atom stereocenters. The van der Waals surface area contributed by atoms with Crippen LogP contribution in [0.1, 0.15) is 6.92 Å². The average molecular weight is 215 g/mol. The van der Waals surface area contributed by atoms with Crippen molar-refractivity contribution >= 4 is 29.1 Å². The van der Waals surface area contributed by atoms with Crippen molar-refractivity contribution in [1.82, 2.24) is 19.6 Å². The van der Waals surface area contributed by atoms with Crippen LogP contribution in [0.25, 0.3) is 5.78 Å². The van der Waals surface area contributed by atoms with E-state index in [-0.39, 0.29) is 0 Å². The smallest absolute Gasteiger partial charge is 0.199 e. The van der Waals surface area contributed by atoms with Crippen molar-refractivity contribution in [3.63, 3.8) is 0 Å². The monoisotopic (exact) mass is 214 g/mol. The van der Waals surface area contributed by atoms with Crippen LogP contribution in [0.5, 0.6) is 0 Å². The third kappa shape index (κ3) is 1.62. The zero-order chi connectivity index (χ0) is 9.26. The van der Waals surface area contributed by atoms with Gasteiger partial charge in [-0.05, 0) is 5.75 Å². The number of hydrogen-bond donors (Lipinski definition) is 0. The number of fused-ring (bicyclic) bond motifs is 1. The number of hydrogen-bond acceptors (Lipinski definition) is 4. The van der Waals surface area contributed by atoms with Crippen LogP contribution >= 0.6 is 23.4 Å². The molecule has 0 radical (unpaired) electrons. The molecule has 2 heterocycles. The summed E-state index contributed by atoms with van der Waals surface area (Å²) in [5.41, 5.74) is 0. The number of halogens is 1. The summed E-state index contributed by atoms with van der Waals surface area (Å²) in [6, 6.07) is 1.79. The zero-order valence-electron chi connectivity index (χ0n) is 6.94. The van der Waals surface area contributed by atoms with Crippen molar-refractivity contribution in [2.75, 3.05) is 5.75 Å². The molecule has 0 spiro atoms. The van der Waals surface area contributed by atoms with E-state index in [0.29, 0.717) is 10.9 Å². The van der Waals surface area contributed by atoms with Crippen LogP contribution in [0.4, 0.5) is 0 Å². The molecule has 2 rings (SSSR count). The molecule has 0 aliphatic carbocycles. The van der Waals surface area contributed by atoms with Crippen molar-refractivity contribution in [3.05, 3.63) is 17.5 Å². The van der Waals surface area contributed by atoms with Crippen LogP contribution in [0.2, 0.25) is 5.15 Å². The first-order chi connectivity index (χ1) is 6.31. The van der Waals surface area contributed by atoms with Gasteiger partial charge in [0.05, 0.1) is 0 Å². The van der Waals surface area contributed by atoms with Crippen LogP contribution < -0.4 is 0 Å². The van der Waals surface area contributed by atoms with E-state index in [1.807, 2.05) is 0 Å². The fraction of sp³-hybridized carbons (Fsp3) is 0.286. The molecule has 68 valence electrons. The quantitative estimate of drug-likeness (QED) is 0.566. The molecule has 0 aliphatic heterocycles. The van der Waals surface area contributed by atoms with Crippen molar-refractivity contribution in [3.8, 4) is 0 Å². The maximum Gasteiger partial charge on any atom is 0.254 e. The minimum Gasteiger partial charge on any atom is -0.199 e. The summed E-state index contributed by atoms with van der Waals surface area (Å²) >= 11 is 7.47. The maximum absolute atomic E-state index is 5.81. The van der Waals surface area contributed by atoms with Crippen molar-refractivity contribution in [2.45, 2.75) is 11.9 Å². The Bertz CT molecular complexity index is 427. The van der Waals surface area contributed by atoms with Gasteiger partial charge in [0.15, 0.2) is 0 Å².